The van der Waals surface area contributed by atoms with E-state index >= 15 is 0 Å². The third kappa shape index (κ3) is 3.20. The van der Waals surface area contributed by atoms with Crippen LogP contribution in [0.25, 0.3) is 0 Å². The SMILES string of the molecule is CCCc1cc(N(C)C)nc(S(C)(=O)=O)c1. The first kappa shape index (κ1) is 13.0. The lowest BCUT2D eigenvalue weighted by Gasteiger charge is -2.14. The summed E-state index contributed by atoms with van der Waals surface area (Å²) in [5, 5.41) is 0.155. The van der Waals surface area contributed by atoms with Crippen molar-refractivity contribution in [1.82, 2.24) is 4.98 Å². The van der Waals surface area contributed by atoms with E-state index in [1.807, 2.05) is 25.1 Å². The van der Waals surface area contributed by atoms with Crippen LogP contribution in [0.5, 0.6) is 0 Å². The zero-order chi connectivity index (χ0) is 12.3. The van der Waals surface area contributed by atoms with Crippen LogP contribution in [-0.2, 0) is 16.3 Å². The predicted molar refractivity (Wildman–Crippen MR) is 65.7 cm³/mol. The molecule has 0 aliphatic heterocycles. The van der Waals surface area contributed by atoms with Gasteiger partial charge in [-0.1, -0.05) is 13.3 Å². The monoisotopic (exact) mass is 242 g/mol. The number of nitrogens with zero attached hydrogens (tertiary/aromatic N) is 2. The molecule has 0 spiro atoms. The summed E-state index contributed by atoms with van der Waals surface area (Å²) >= 11 is 0. The van der Waals surface area contributed by atoms with Gasteiger partial charge in [0.2, 0.25) is 0 Å². The van der Waals surface area contributed by atoms with E-state index < -0.39 is 9.84 Å². The second kappa shape index (κ2) is 4.82. The van der Waals surface area contributed by atoms with Gasteiger partial charge in [-0.15, -0.1) is 0 Å². The smallest absolute Gasteiger partial charge is 0.192 e. The maximum absolute atomic E-state index is 11.5. The molecule has 0 unspecified atom stereocenters. The van der Waals surface area contributed by atoms with Crippen molar-refractivity contribution < 1.29 is 8.42 Å². The van der Waals surface area contributed by atoms with E-state index in [9.17, 15) is 8.42 Å². The highest BCUT2D eigenvalue weighted by molar-refractivity contribution is 7.90. The molecule has 0 amide bonds. The van der Waals surface area contributed by atoms with Gasteiger partial charge < -0.3 is 4.90 Å². The predicted octanol–water partition coefficient (Wildman–Crippen LogP) is 1.50. The summed E-state index contributed by atoms with van der Waals surface area (Å²) in [6.45, 7) is 2.07. The van der Waals surface area contributed by atoms with Crippen LogP contribution in [0.2, 0.25) is 0 Å². The molecule has 90 valence electrons. The Kier molecular flexibility index (Phi) is 3.91. The van der Waals surface area contributed by atoms with E-state index in [2.05, 4.69) is 11.9 Å². The Balaban J connectivity index is 3.30. The summed E-state index contributed by atoms with van der Waals surface area (Å²) < 4.78 is 23.0. The summed E-state index contributed by atoms with van der Waals surface area (Å²) in [5.74, 6) is 0.686. The minimum Gasteiger partial charge on any atom is -0.363 e. The number of sulfone groups is 1. The second-order valence-electron chi connectivity index (χ2n) is 4.09. The molecule has 0 saturated heterocycles. The minimum atomic E-state index is -3.24. The molecule has 0 saturated carbocycles. The van der Waals surface area contributed by atoms with Crippen LogP contribution < -0.4 is 4.90 Å². The van der Waals surface area contributed by atoms with E-state index in [1.165, 1.54) is 6.26 Å². The van der Waals surface area contributed by atoms with Crippen molar-refractivity contribution >= 4 is 15.7 Å². The summed E-state index contributed by atoms with van der Waals surface area (Å²) in [4.78, 5) is 5.94. The molecule has 0 aliphatic carbocycles. The minimum absolute atomic E-state index is 0.155. The number of hydrogen-bond acceptors (Lipinski definition) is 4. The molecule has 1 heterocycles. The van der Waals surface area contributed by atoms with Gasteiger partial charge in [0, 0.05) is 20.4 Å². The molecular weight excluding hydrogens is 224 g/mol. The number of pyridine rings is 1. The van der Waals surface area contributed by atoms with Gasteiger partial charge >= 0.3 is 0 Å². The van der Waals surface area contributed by atoms with E-state index in [0.717, 1.165) is 18.4 Å². The number of aryl methyl sites for hydroxylation is 1. The molecule has 0 bridgehead atoms. The van der Waals surface area contributed by atoms with Crippen molar-refractivity contribution in [2.75, 3.05) is 25.3 Å². The van der Waals surface area contributed by atoms with Gasteiger partial charge in [0.15, 0.2) is 14.9 Å². The van der Waals surface area contributed by atoms with Crippen LogP contribution in [0.15, 0.2) is 17.2 Å². The Morgan fingerprint density at radius 1 is 1.31 bits per heavy atom. The van der Waals surface area contributed by atoms with Crippen molar-refractivity contribution in [1.29, 1.82) is 0 Å². The number of aromatic nitrogens is 1. The normalized spacial score (nSPS) is 11.5. The fraction of sp³-hybridized carbons (Fsp3) is 0.545. The summed E-state index contributed by atoms with van der Waals surface area (Å²) in [5.41, 5.74) is 1.02. The highest BCUT2D eigenvalue weighted by atomic mass is 32.2. The molecule has 4 nitrogen and oxygen atoms in total. The molecule has 0 atom stereocenters. The van der Waals surface area contributed by atoms with Crippen molar-refractivity contribution in [3.05, 3.63) is 17.7 Å². The first-order chi connectivity index (χ1) is 7.34. The molecule has 1 rings (SSSR count). The molecule has 0 aliphatic rings. The number of hydrogen-bond donors (Lipinski definition) is 0. The van der Waals surface area contributed by atoms with Gasteiger partial charge in [-0.3, -0.25) is 0 Å². The Bertz CT molecular complexity index is 467. The van der Waals surface area contributed by atoms with Crippen molar-refractivity contribution in [2.24, 2.45) is 0 Å². The molecule has 0 fully saturated rings. The zero-order valence-electron chi connectivity index (χ0n) is 10.2. The highest BCUT2D eigenvalue weighted by Gasteiger charge is 2.12. The third-order valence-corrected chi connectivity index (χ3v) is 3.19. The van der Waals surface area contributed by atoms with Crippen LogP contribution >= 0.6 is 0 Å². The second-order valence-corrected chi connectivity index (χ2v) is 6.05. The molecule has 1 aromatic rings. The molecular formula is C11H18N2O2S. The average Bonchev–Trinajstić information content (AvgIpc) is 2.16. The Labute approximate surface area is 97.2 Å². The van der Waals surface area contributed by atoms with Crippen LogP contribution in [-0.4, -0.2) is 33.8 Å². The molecule has 0 aromatic carbocycles. The van der Waals surface area contributed by atoms with E-state index in [4.69, 9.17) is 0 Å². The summed E-state index contributed by atoms with van der Waals surface area (Å²) in [6, 6.07) is 3.59. The summed E-state index contributed by atoms with van der Waals surface area (Å²) in [6.07, 6.45) is 3.04. The van der Waals surface area contributed by atoms with Gasteiger partial charge in [0.25, 0.3) is 0 Å². The molecule has 16 heavy (non-hydrogen) atoms. The fourth-order valence-electron chi connectivity index (χ4n) is 1.40. The van der Waals surface area contributed by atoms with Crippen molar-refractivity contribution in [3.8, 4) is 0 Å². The first-order valence-corrected chi connectivity index (χ1v) is 7.12. The zero-order valence-corrected chi connectivity index (χ0v) is 11.0. The largest absolute Gasteiger partial charge is 0.363 e. The van der Waals surface area contributed by atoms with Gasteiger partial charge in [-0.05, 0) is 24.1 Å². The maximum Gasteiger partial charge on any atom is 0.192 e. The Hall–Kier alpha value is -1.10. The Morgan fingerprint density at radius 2 is 1.94 bits per heavy atom. The molecule has 1 aromatic heterocycles. The number of rotatable bonds is 4. The Morgan fingerprint density at radius 3 is 2.38 bits per heavy atom. The van der Waals surface area contributed by atoms with Gasteiger partial charge in [0.1, 0.15) is 5.82 Å². The van der Waals surface area contributed by atoms with E-state index in [1.54, 1.807) is 6.07 Å². The fourth-order valence-corrected chi connectivity index (χ4v) is 2.02. The third-order valence-electron chi connectivity index (χ3n) is 2.22. The quantitative estimate of drug-likeness (QED) is 0.803. The molecule has 5 heteroatoms. The highest BCUT2D eigenvalue weighted by Crippen LogP contribution is 2.17. The average molecular weight is 242 g/mol. The topological polar surface area (TPSA) is 50.3 Å². The van der Waals surface area contributed by atoms with E-state index in [0.29, 0.717) is 5.82 Å². The van der Waals surface area contributed by atoms with Crippen molar-refractivity contribution in [2.45, 2.75) is 24.8 Å². The van der Waals surface area contributed by atoms with Crippen molar-refractivity contribution in [3.63, 3.8) is 0 Å². The van der Waals surface area contributed by atoms with Gasteiger partial charge in [-0.25, -0.2) is 13.4 Å². The molecule has 0 radical (unpaired) electrons. The van der Waals surface area contributed by atoms with Crippen LogP contribution in [0.1, 0.15) is 18.9 Å². The maximum atomic E-state index is 11.5. The van der Waals surface area contributed by atoms with Crippen LogP contribution in [0, 0.1) is 0 Å². The standard InChI is InChI=1S/C11H18N2O2S/c1-5-6-9-7-10(13(2)3)12-11(8-9)16(4,14)15/h7-8H,5-6H2,1-4H3. The van der Waals surface area contributed by atoms with Gasteiger partial charge in [0.05, 0.1) is 0 Å². The van der Waals surface area contributed by atoms with Crippen LogP contribution in [0.3, 0.4) is 0 Å². The summed E-state index contributed by atoms with van der Waals surface area (Å²) in [7, 11) is 0.465. The van der Waals surface area contributed by atoms with Gasteiger partial charge in [-0.2, -0.15) is 0 Å². The molecule has 0 N–H and O–H groups in total. The number of anilines is 1. The lowest BCUT2D eigenvalue weighted by Crippen LogP contribution is -2.13. The first-order valence-electron chi connectivity index (χ1n) is 5.23. The lowest BCUT2D eigenvalue weighted by atomic mass is 10.1. The van der Waals surface area contributed by atoms with E-state index in [-0.39, 0.29) is 5.03 Å². The van der Waals surface area contributed by atoms with Crippen LogP contribution in [0.4, 0.5) is 5.82 Å². The lowest BCUT2D eigenvalue weighted by molar-refractivity contribution is 0.598.